The van der Waals surface area contributed by atoms with Gasteiger partial charge in [0.05, 0.1) is 37.9 Å². The molecule has 0 aliphatic heterocycles. The van der Waals surface area contributed by atoms with E-state index in [0.29, 0.717) is 5.56 Å². The van der Waals surface area contributed by atoms with Crippen LogP contribution in [-0.4, -0.2) is 25.8 Å². The Labute approximate surface area is 118 Å². The van der Waals surface area contributed by atoms with E-state index in [-0.39, 0.29) is 25.4 Å². The quantitative estimate of drug-likeness (QED) is 0.416. The smallest absolute Gasteiger partial charge is 0.355 e. The third-order valence-corrected chi connectivity index (χ3v) is 4.04. The highest BCUT2D eigenvalue weighted by atomic mass is 31.2. The number of rotatable bonds is 8. The Balaban J connectivity index is 3.17. The Kier molecular flexibility index (Phi) is 6.71. The van der Waals surface area contributed by atoms with Crippen molar-refractivity contribution in [3.05, 3.63) is 30.0 Å². The van der Waals surface area contributed by atoms with Crippen molar-refractivity contribution in [1.82, 2.24) is 0 Å². The molecule has 0 aliphatic carbocycles. The third-order valence-electron chi connectivity index (χ3n) is 2.23. The first-order valence-electron chi connectivity index (χ1n) is 6.37. The average Bonchev–Trinajstić information content (AvgIpc) is 2.90. The molecule has 0 aliphatic rings. The van der Waals surface area contributed by atoms with Crippen molar-refractivity contribution in [3.63, 3.8) is 0 Å². The Morgan fingerprint density at radius 1 is 1.25 bits per heavy atom. The van der Waals surface area contributed by atoms with Crippen molar-refractivity contribution in [3.8, 4) is 0 Å². The molecule has 0 fully saturated rings. The van der Waals surface area contributed by atoms with Crippen LogP contribution in [0.3, 0.4) is 0 Å². The fourth-order valence-electron chi connectivity index (χ4n) is 1.50. The van der Waals surface area contributed by atoms with Crippen molar-refractivity contribution >= 4 is 19.1 Å². The molecule has 0 amide bonds. The van der Waals surface area contributed by atoms with E-state index < -0.39 is 13.6 Å². The monoisotopic (exact) mass is 302 g/mol. The van der Waals surface area contributed by atoms with Crippen LogP contribution in [0.1, 0.15) is 26.3 Å². The predicted molar refractivity (Wildman–Crippen MR) is 74.2 cm³/mol. The number of furan rings is 1. The molecule has 1 rings (SSSR count). The van der Waals surface area contributed by atoms with Crippen molar-refractivity contribution in [2.75, 3.05) is 19.8 Å². The zero-order valence-corrected chi connectivity index (χ0v) is 12.7. The van der Waals surface area contributed by atoms with E-state index in [0.717, 1.165) is 0 Å². The summed E-state index contributed by atoms with van der Waals surface area (Å²) in [5.74, 6) is 0.580. The normalized spacial score (nSPS) is 12.4. The van der Waals surface area contributed by atoms with Crippen LogP contribution < -0.4 is 0 Å². The molecule has 112 valence electrons. The zero-order valence-electron chi connectivity index (χ0n) is 11.8. The molecular weight excluding hydrogens is 283 g/mol. The summed E-state index contributed by atoms with van der Waals surface area (Å²) in [6.45, 7) is 5.70. The predicted octanol–water partition coefficient (Wildman–Crippen LogP) is 3.45. The maximum Gasteiger partial charge on any atom is 0.355 e. The van der Waals surface area contributed by atoms with Gasteiger partial charge in [-0.2, -0.15) is 0 Å². The Hall–Kier alpha value is -1.36. The molecular formula is C13H19O6P. The highest BCUT2D eigenvalue weighted by molar-refractivity contribution is 7.57. The Morgan fingerprint density at radius 2 is 1.90 bits per heavy atom. The Bertz CT molecular complexity index is 481. The average molecular weight is 302 g/mol. The molecule has 0 radical (unpaired) electrons. The molecule has 1 aromatic rings. The van der Waals surface area contributed by atoms with Crippen molar-refractivity contribution in [2.24, 2.45) is 0 Å². The highest BCUT2D eigenvalue weighted by Crippen LogP contribution is 2.51. The molecule has 0 saturated carbocycles. The van der Waals surface area contributed by atoms with Crippen LogP contribution in [-0.2, 0) is 23.1 Å². The molecule has 1 aromatic heterocycles. The standard InChI is InChI=1S/C13H19O6P/c1-4-17-13(14)12(11-7-8-16-9-11)10-20(15,18-5-2)19-6-3/h7-10H,4-6H2,1-3H3. The van der Waals surface area contributed by atoms with Crippen LogP contribution in [0.4, 0.5) is 0 Å². The molecule has 1 heterocycles. The molecule has 0 saturated heterocycles. The summed E-state index contributed by atoms with van der Waals surface area (Å²) in [6, 6.07) is 1.57. The summed E-state index contributed by atoms with van der Waals surface area (Å²) in [6.07, 6.45) is 2.78. The minimum Gasteiger partial charge on any atom is -0.472 e. The fourth-order valence-corrected chi connectivity index (χ4v) is 3.02. The second-order valence-electron chi connectivity index (χ2n) is 3.65. The first kappa shape index (κ1) is 16.7. The number of carbonyl (C=O) groups is 1. The van der Waals surface area contributed by atoms with Crippen molar-refractivity contribution < 1.29 is 27.6 Å². The maximum absolute atomic E-state index is 12.5. The van der Waals surface area contributed by atoms with Gasteiger partial charge in [0.15, 0.2) is 0 Å². The second-order valence-corrected chi connectivity index (χ2v) is 5.50. The van der Waals surface area contributed by atoms with Gasteiger partial charge in [-0.15, -0.1) is 0 Å². The summed E-state index contributed by atoms with van der Waals surface area (Å²) >= 11 is 0. The third kappa shape index (κ3) is 4.63. The van der Waals surface area contributed by atoms with Crippen molar-refractivity contribution in [1.29, 1.82) is 0 Å². The fraction of sp³-hybridized carbons (Fsp3) is 0.462. The zero-order chi connectivity index (χ0) is 15.0. The topological polar surface area (TPSA) is 75.0 Å². The molecule has 0 atom stereocenters. The molecule has 0 aromatic carbocycles. The summed E-state index contributed by atoms with van der Waals surface area (Å²) in [7, 11) is -3.50. The second kappa shape index (κ2) is 8.04. The van der Waals surface area contributed by atoms with E-state index in [2.05, 4.69) is 0 Å². The number of hydrogen-bond acceptors (Lipinski definition) is 6. The molecule has 20 heavy (non-hydrogen) atoms. The lowest BCUT2D eigenvalue weighted by molar-refractivity contribution is -0.136. The van der Waals surface area contributed by atoms with Gasteiger partial charge in [0.25, 0.3) is 0 Å². The van der Waals surface area contributed by atoms with E-state index in [1.165, 1.54) is 18.3 Å². The van der Waals surface area contributed by atoms with Gasteiger partial charge in [-0.3, -0.25) is 4.57 Å². The summed E-state index contributed by atoms with van der Waals surface area (Å²) < 4.78 is 32.6. The SMILES string of the molecule is CCOC(=O)C(=CP(=O)(OCC)OCC)c1ccoc1. The van der Waals surface area contributed by atoms with Crippen LogP contribution in [0, 0.1) is 0 Å². The summed E-state index contributed by atoms with van der Waals surface area (Å²) in [5.41, 5.74) is 0.564. The first-order chi connectivity index (χ1) is 9.56. The van der Waals surface area contributed by atoms with E-state index in [1.54, 1.807) is 26.8 Å². The molecule has 0 spiro atoms. The van der Waals surface area contributed by atoms with Crippen LogP contribution in [0.15, 0.2) is 28.8 Å². The van der Waals surface area contributed by atoms with E-state index >= 15 is 0 Å². The van der Waals surface area contributed by atoms with Gasteiger partial charge in [0.1, 0.15) is 0 Å². The van der Waals surface area contributed by atoms with Gasteiger partial charge in [0, 0.05) is 11.4 Å². The number of carbonyl (C=O) groups excluding carboxylic acids is 1. The molecule has 0 N–H and O–H groups in total. The number of esters is 1. The minimum atomic E-state index is -3.50. The summed E-state index contributed by atoms with van der Waals surface area (Å²) in [4.78, 5) is 12.0. The lowest BCUT2D eigenvalue weighted by Gasteiger charge is -2.14. The minimum absolute atomic E-state index is 0.103. The Morgan fingerprint density at radius 3 is 2.35 bits per heavy atom. The molecule has 0 unspecified atom stereocenters. The van der Waals surface area contributed by atoms with E-state index in [1.807, 2.05) is 0 Å². The first-order valence-corrected chi connectivity index (χ1v) is 7.98. The molecule has 6 nitrogen and oxygen atoms in total. The lowest BCUT2D eigenvalue weighted by atomic mass is 10.2. The number of hydrogen-bond donors (Lipinski definition) is 0. The van der Waals surface area contributed by atoms with E-state index in [9.17, 15) is 9.36 Å². The van der Waals surface area contributed by atoms with Crippen LogP contribution in [0.2, 0.25) is 0 Å². The summed E-state index contributed by atoms with van der Waals surface area (Å²) in [5, 5.41) is 0. The van der Waals surface area contributed by atoms with Gasteiger partial charge in [-0.25, -0.2) is 4.79 Å². The largest absolute Gasteiger partial charge is 0.472 e. The van der Waals surface area contributed by atoms with E-state index in [4.69, 9.17) is 18.2 Å². The van der Waals surface area contributed by atoms with Crippen molar-refractivity contribution in [2.45, 2.75) is 20.8 Å². The van der Waals surface area contributed by atoms with Gasteiger partial charge >= 0.3 is 13.6 Å². The van der Waals surface area contributed by atoms with Gasteiger partial charge in [-0.1, -0.05) is 0 Å². The molecule has 0 bridgehead atoms. The van der Waals surface area contributed by atoms with Gasteiger partial charge in [-0.05, 0) is 26.8 Å². The van der Waals surface area contributed by atoms with Gasteiger partial charge < -0.3 is 18.2 Å². The maximum atomic E-state index is 12.5. The number of ether oxygens (including phenoxy) is 1. The van der Waals surface area contributed by atoms with Crippen LogP contribution in [0.5, 0.6) is 0 Å². The van der Waals surface area contributed by atoms with Gasteiger partial charge in [0.2, 0.25) is 0 Å². The van der Waals surface area contributed by atoms with Crippen LogP contribution >= 0.6 is 7.60 Å². The lowest BCUT2D eigenvalue weighted by Crippen LogP contribution is -2.07. The highest BCUT2D eigenvalue weighted by Gasteiger charge is 2.26. The molecule has 7 heteroatoms. The van der Waals surface area contributed by atoms with Crippen LogP contribution in [0.25, 0.3) is 5.57 Å².